The first-order valence-corrected chi connectivity index (χ1v) is 8.81. The molecule has 0 fully saturated rings. The second-order valence-corrected chi connectivity index (χ2v) is 6.79. The van der Waals surface area contributed by atoms with Gasteiger partial charge in [0.15, 0.2) is 11.6 Å². The fourth-order valence-electron chi connectivity index (χ4n) is 2.60. The molecule has 0 saturated carbocycles. The van der Waals surface area contributed by atoms with E-state index in [0.717, 1.165) is 6.07 Å². The van der Waals surface area contributed by atoms with Crippen LogP contribution < -0.4 is 0 Å². The van der Waals surface area contributed by atoms with Gasteiger partial charge in [0.1, 0.15) is 11.6 Å². The molecular weight excluding hydrogens is 368 g/mol. The molecule has 0 amide bonds. The molecule has 28 heavy (non-hydrogen) atoms. The van der Waals surface area contributed by atoms with E-state index in [1.54, 1.807) is 20.8 Å². The topological polar surface area (TPSA) is 47.6 Å². The minimum atomic E-state index is -1.09. The largest absolute Gasteiger partial charge is 0.207 e. The summed E-state index contributed by atoms with van der Waals surface area (Å²) in [6.07, 6.45) is 0.825. The fraction of sp³-hybridized carbons (Fsp3) is 0.364. The van der Waals surface area contributed by atoms with Crippen molar-refractivity contribution in [2.75, 3.05) is 0 Å². The van der Waals surface area contributed by atoms with Crippen molar-refractivity contribution in [2.45, 2.75) is 51.4 Å². The van der Waals surface area contributed by atoms with Gasteiger partial charge in [-0.1, -0.05) is 32.0 Å². The molecule has 0 aliphatic heterocycles. The van der Waals surface area contributed by atoms with Crippen LogP contribution in [0.3, 0.4) is 0 Å². The first-order valence-electron chi connectivity index (χ1n) is 8.81. The molecule has 2 unspecified atom stereocenters. The molecular formula is C22H22F4N2. The maximum atomic E-state index is 13.3. The molecule has 148 valence electrons. The third-order valence-electron chi connectivity index (χ3n) is 4.97. The predicted molar refractivity (Wildman–Crippen MR) is 99.2 cm³/mol. The second-order valence-electron chi connectivity index (χ2n) is 6.79. The number of halogens is 4. The van der Waals surface area contributed by atoms with Gasteiger partial charge in [0, 0.05) is 11.1 Å². The van der Waals surface area contributed by atoms with Crippen molar-refractivity contribution in [1.82, 2.24) is 0 Å². The summed E-state index contributed by atoms with van der Waals surface area (Å²) in [5.74, 6) is -3.14. The van der Waals surface area contributed by atoms with Gasteiger partial charge in [-0.25, -0.2) is 17.6 Å². The molecule has 2 nitrogen and oxygen atoms in total. The third-order valence-corrected chi connectivity index (χ3v) is 4.97. The van der Waals surface area contributed by atoms with Crippen molar-refractivity contribution in [3.05, 3.63) is 70.8 Å². The van der Waals surface area contributed by atoms with Crippen LogP contribution in [0.4, 0.5) is 17.6 Å². The van der Waals surface area contributed by atoms with Gasteiger partial charge in [-0.05, 0) is 44.9 Å². The summed E-state index contributed by atoms with van der Waals surface area (Å²) in [6.45, 7) is 6.64. The van der Waals surface area contributed by atoms with Gasteiger partial charge in [-0.15, -0.1) is 0 Å². The Labute approximate surface area is 163 Å². The average molecular weight is 390 g/mol. The van der Waals surface area contributed by atoms with Crippen LogP contribution in [-0.4, -0.2) is 0 Å². The summed E-state index contributed by atoms with van der Waals surface area (Å²) in [5.41, 5.74) is -2.05. The van der Waals surface area contributed by atoms with Gasteiger partial charge in [0.25, 0.3) is 0 Å². The molecule has 2 aromatic carbocycles. The quantitative estimate of drug-likeness (QED) is 0.574. The number of nitrogens with zero attached hydrogens (tertiary/aromatic N) is 2. The van der Waals surface area contributed by atoms with Crippen molar-refractivity contribution in [3.8, 4) is 12.1 Å². The molecule has 2 atom stereocenters. The zero-order chi connectivity index (χ0) is 21.5. The van der Waals surface area contributed by atoms with Crippen LogP contribution in [0.25, 0.3) is 0 Å². The Balaban J connectivity index is 0.000000280. The average Bonchev–Trinajstić information content (AvgIpc) is 2.69. The number of hydrogen-bond acceptors (Lipinski definition) is 2. The van der Waals surface area contributed by atoms with Gasteiger partial charge in [-0.2, -0.15) is 10.5 Å². The van der Waals surface area contributed by atoms with E-state index in [4.69, 9.17) is 10.5 Å². The molecule has 0 aliphatic carbocycles. The van der Waals surface area contributed by atoms with Crippen molar-refractivity contribution in [2.24, 2.45) is 0 Å². The number of hydrogen-bond donors (Lipinski definition) is 0. The predicted octanol–water partition coefficient (Wildman–Crippen LogP) is 6.31. The maximum absolute atomic E-state index is 13.3. The molecule has 0 aliphatic rings. The van der Waals surface area contributed by atoms with Crippen molar-refractivity contribution >= 4 is 0 Å². The van der Waals surface area contributed by atoms with E-state index in [2.05, 4.69) is 0 Å². The second kappa shape index (κ2) is 9.37. The van der Waals surface area contributed by atoms with Crippen LogP contribution in [0.2, 0.25) is 0 Å². The van der Waals surface area contributed by atoms with Gasteiger partial charge in [-0.3, -0.25) is 0 Å². The van der Waals surface area contributed by atoms with E-state index < -0.39 is 34.1 Å². The third kappa shape index (κ3) is 4.70. The lowest BCUT2D eigenvalue weighted by molar-refractivity contribution is 0.467. The van der Waals surface area contributed by atoms with Gasteiger partial charge < -0.3 is 0 Å². The standard InChI is InChI=1S/2C11H11F2N/c1-3-11(2,7-14)10-8(12)5-4-6-9(10)13;1-3-11(2,7-14)8-5-4-6-9(12)10(8)13/h2*4-6H,3H2,1-2H3. The first-order chi connectivity index (χ1) is 13.1. The molecule has 2 aromatic rings. The molecule has 0 bridgehead atoms. The van der Waals surface area contributed by atoms with E-state index in [-0.39, 0.29) is 11.1 Å². The normalized spacial score (nSPS) is 14.5. The summed E-state index contributed by atoms with van der Waals surface area (Å²) in [7, 11) is 0. The first kappa shape index (κ1) is 23.2. The van der Waals surface area contributed by atoms with Crippen LogP contribution in [0.15, 0.2) is 36.4 Å². The Kier molecular flexibility index (Phi) is 7.76. The summed E-state index contributed by atoms with van der Waals surface area (Å²) >= 11 is 0. The highest BCUT2D eigenvalue weighted by Gasteiger charge is 2.30. The van der Waals surface area contributed by atoms with Gasteiger partial charge in [0.2, 0.25) is 0 Å². The van der Waals surface area contributed by atoms with E-state index >= 15 is 0 Å². The summed E-state index contributed by atoms with van der Waals surface area (Å²) in [6, 6.07) is 11.5. The van der Waals surface area contributed by atoms with Crippen molar-refractivity contribution in [3.63, 3.8) is 0 Å². The number of nitriles is 2. The van der Waals surface area contributed by atoms with Crippen LogP contribution in [0, 0.1) is 45.9 Å². The Morgan fingerprint density at radius 1 is 0.750 bits per heavy atom. The maximum Gasteiger partial charge on any atom is 0.163 e. The summed E-state index contributed by atoms with van der Waals surface area (Å²) < 4.78 is 52.9. The zero-order valence-corrected chi connectivity index (χ0v) is 16.3. The van der Waals surface area contributed by atoms with Crippen LogP contribution in [0.1, 0.15) is 51.7 Å². The van der Waals surface area contributed by atoms with E-state index in [9.17, 15) is 17.6 Å². The molecule has 6 heteroatoms. The highest BCUT2D eigenvalue weighted by Crippen LogP contribution is 2.31. The summed E-state index contributed by atoms with van der Waals surface area (Å²) in [4.78, 5) is 0. The lowest BCUT2D eigenvalue weighted by Gasteiger charge is -2.20. The monoisotopic (exact) mass is 390 g/mol. The Bertz CT molecular complexity index is 893. The van der Waals surface area contributed by atoms with E-state index in [1.165, 1.54) is 37.3 Å². The van der Waals surface area contributed by atoms with E-state index in [1.807, 2.05) is 12.1 Å². The van der Waals surface area contributed by atoms with Gasteiger partial charge in [0.05, 0.1) is 23.0 Å². The molecule has 2 rings (SSSR count). The molecule has 0 aromatic heterocycles. The Morgan fingerprint density at radius 3 is 1.61 bits per heavy atom. The Hall–Kier alpha value is -2.86. The minimum Gasteiger partial charge on any atom is -0.207 e. The lowest BCUT2D eigenvalue weighted by Crippen LogP contribution is -2.21. The molecule has 0 heterocycles. The van der Waals surface area contributed by atoms with E-state index in [0.29, 0.717) is 12.8 Å². The van der Waals surface area contributed by atoms with Crippen molar-refractivity contribution < 1.29 is 17.6 Å². The summed E-state index contributed by atoms with van der Waals surface area (Å²) in [5, 5.41) is 17.8. The van der Waals surface area contributed by atoms with Crippen LogP contribution in [0.5, 0.6) is 0 Å². The molecule has 0 radical (unpaired) electrons. The fourth-order valence-corrected chi connectivity index (χ4v) is 2.60. The highest BCUT2D eigenvalue weighted by atomic mass is 19.2. The molecule has 0 spiro atoms. The van der Waals surface area contributed by atoms with Crippen molar-refractivity contribution in [1.29, 1.82) is 10.5 Å². The number of benzene rings is 2. The smallest absolute Gasteiger partial charge is 0.163 e. The SMILES string of the molecule is CCC(C)(C#N)c1c(F)cccc1F.CCC(C)(C#N)c1cccc(F)c1F. The van der Waals surface area contributed by atoms with Gasteiger partial charge >= 0.3 is 0 Å². The van der Waals surface area contributed by atoms with Crippen LogP contribution >= 0.6 is 0 Å². The Morgan fingerprint density at radius 2 is 1.18 bits per heavy atom. The molecule has 0 saturated heterocycles. The number of rotatable bonds is 4. The highest BCUT2D eigenvalue weighted by molar-refractivity contribution is 5.34. The lowest BCUT2D eigenvalue weighted by atomic mass is 9.81. The van der Waals surface area contributed by atoms with Crippen LogP contribution in [-0.2, 0) is 10.8 Å². The minimum absolute atomic E-state index is 0.127. The molecule has 0 N–H and O–H groups in total. The zero-order valence-electron chi connectivity index (χ0n) is 16.3.